The lowest BCUT2D eigenvalue weighted by atomic mass is 9.93. The SMILES string of the molecule is CNC(=O)C[NH2+]CC(=O)N(Cc1ccc(F)cc1)C1CCCCC1. The van der Waals surface area contributed by atoms with Crippen molar-refractivity contribution in [1.29, 1.82) is 0 Å². The summed E-state index contributed by atoms with van der Waals surface area (Å²) in [6.07, 6.45) is 5.53. The molecule has 0 aromatic heterocycles. The highest BCUT2D eigenvalue weighted by molar-refractivity contribution is 5.78. The van der Waals surface area contributed by atoms with Gasteiger partial charge in [-0.2, -0.15) is 0 Å². The van der Waals surface area contributed by atoms with E-state index in [0.29, 0.717) is 6.54 Å². The van der Waals surface area contributed by atoms with Crippen molar-refractivity contribution in [3.63, 3.8) is 0 Å². The van der Waals surface area contributed by atoms with E-state index < -0.39 is 0 Å². The number of amides is 2. The van der Waals surface area contributed by atoms with E-state index in [1.807, 2.05) is 4.90 Å². The van der Waals surface area contributed by atoms with Crippen LogP contribution >= 0.6 is 0 Å². The van der Waals surface area contributed by atoms with E-state index in [9.17, 15) is 14.0 Å². The number of hydrogen-bond donors (Lipinski definition) is 2. The Hall–Kier alpha value is -1.95. The molecule has 0 atom stereocenters. The lowest BCUT2D eigenvalue weighted by molar-refractivity contribution is -0.633. The summed E-state index contributed by atoms with van der Waals surface area (Å²) in [5, 5.41) is 4.27. The van der Waals surface area contributed by atoms with Crippen LogP contribution in [0.4, 0.5) is 4.39 Å². The van der Waals surface area contributed by atoms with Gasteiger partial charge in [0.05, 0.1) is 0 Å². The molecule has 0 aliphatic heterocycles. The second-order valence-corrected chi connectivity index (χ2v) is 6.31. The van der Waals surface area contributed by atoms with E-state index in [-0.39, 0.29) is 36.8 Å². The second-order valence-electron chi connectivity index (χ2n) is 6.31. The molecule has 1 aromatic carbocycles. The van der Waals surface area contributed by atoms with Crippen molar-refractivity contribution in [2.45, 2.75) is 44.7 Å². The smallest absolute Gasteiger partial charge is 0.278 e. The Bertz CT molecular complexity index is 542. The topological polar surface area (TPSA) is 66.0 Å². The number of hydrogen-bond acceptors (Lipinski definition) is 2. The molecule has 0 saturated heterocycles. The van der Waals surface area contributed by atoms with E-state index in [1.165, 1.54) is 18.6 Å². The predicted molar refractivity (Wildman–Crippen MR) is 89.5 cm³/mol. The summed E-state index contributed by atoms with van der Waals surface area (Å²) in [7, 11) is 1.58. The van der Waals surface area contributed by atoms with Gasteiger partial charge in [0.15, 0.2) is 13.1 Å². The Morgan fingerprint density at radius 2 is 1.83 bits per heavy atom. The number of likely N-dealkylation sites (N-methyl/N-ethyl adjacent to an activating group) is 1. The summed E-state index contributed by atoms with van der Waals surface area (Å²) in [5.74, 6) is -0.325. The van der Waals surface area contributed by atoms with Gasteiger partial charge in [0, 0.05) is 19.6 Å². The molecule has 5 nitrogen and oxygen atoms in total. The third kappa shape index (κ3) is 5.60. The number of nitrogens with one attached hydrogen (secondary N) is 1. The Balaban J connectivity index is 1.99. The second kappa shape index (κ2) is 9.37. The van der Waals surface area contributed by atoms with Crippen molar-refractivity contribution in [2.24, 2.45) is 0 Å². The van der Waals surface area contributed by atoms with Crippen LogP contribution in [0.1, 0.15) is 37.7 Å². The lowest BCUT2D eigenvalue weighted by Gasteiger charge is -2.34. The van der Waals surface area contributed by atoms with Crippen LogP contribution in [0.2, 0.25) is 0 Å². The lowest BCUT2D eigenvalue weighted by Crippen LogP contribution is -2.88. The average Bonchev–Trinajstić information content (AvgIpc) is 2.61. The largest absolute Gasteiger partial charge is 0.354 e. The van der Waals surface area contributed by atoms with E-state index >= 15 is 0 Å². The minimum atomic E-state index is -0.270. The molecule has 24 heavy (non-hydrogen) atoms. The zero-order valence-electron chi connectivity index (χ0n) is 14.3. The summed E-state index contributed by atoms with van der Waals surface area (Å²) in [4.78, 5) is 25.9. The third-order valence-electron chi connectivity index (χ3n) is 4.53. The zero-order valence-corrected chi connectivity index (χ0v) is 14.3. The van der Waals surface area contributed by atoms with Gasteiger partial charge in [-0.1, -0.05) is 31.4 Å². The van der Waals surface area contributed by atoms with Crippen LogP contribution in [0.25, 0.3) is 0 Å². The maximum absolute atomic E-state index is 13.1. The Kier molecular flexibility index (Phi) is 7.18. The van der Waals surface area contributed by atoms with Crippen molar-refractivity contribution in [3.05, 3.63) is 35.6 Å². The Labute approximate surface area is 142 Å². The molecule has 3 N–H and O–H groups in total. The minimum absolute atomic E-state index is 0.0372. The van der Waals surface area contributed by atoms with Crippen LogP contribution in [-0.4, -0.2) is 42.9 Å². The van der Waals surface area contributed by atoms with Crippen molar-refractivity contribution >= 4 is 11.8 Å². The van der Waals surface area contributed by atoms with Crippen LogP contribution in [-0.2, 0) is 16.1 Å². The van der Waals surface area contributed by atoms with Crippen molar-refractivity contribution in [2.75, 3.05) is 20.1 Å². The number of carbonyl (C=O) groups is 2. The van der Waals surface area contributed by atoms with Gasteiger partial charge in [0.1, 0.15) is 5.82 Å². The van der Waals surface area contributed by atoms with E-state index in [0.717, 1.165) is 31.2 Å². The monoisotopic (exact) mass is 336 g/mol. The first kappa shape index (κ1) is 18.4. The number of nitrogens with zero attached hydrogens (tertiary/aromatic N) is 1. The van der Waals surface area contributed by atoms with E-state index in [1.54, 1.807) is 24.5 Å². The van der Waals surface area contributed by atoms with Crippen molar-refractivity contribution < 1.29 is 19.3 Å². The molecule has 0 spiro atoms. The van der Waals surface area contributed by atoms with Gasteiger partial charge < -0.3 is 15.5 Å². The minimum Gasteiger partial charge on any atom is -0.354 e. The maximum atomic E-state index is 13.1. The summed E-state index contributed by atoms with van der Waals surface area (Å²) in [6.45, 7) is 1.00. The van der Waals surface area contributed by atoms with E-state index in [2.05, 4.69) is 5.32 Å². The van der Waals surface area contributed by atoms with Crippen LogP contribution in [0.3, 0.4) is 0 Å². The zero-order chi connectivity index (χ0) is 17.4. The number of halogens is 1. The Morgan fingerprint density at radius 1 is 1.17 bits per heavy atom. The molecule has 1 fully saturated rings. The summed E-state index contributed by atoms with van der Waals surface area (Å²) in [5.41, 5.74) is 0.932. The normalized spacial score (nSPS) is 15.1. The number of nitrogens with two attached hydrogens (primary N) is 1. The molecule has 2 rings (SSSR count). The van der Waals surface area contributed by atoms with Crippen molar-refractivity contribution in [3.8, 4) is 0 Å². The quantitative estimate of drug-likeness (QED) is 0.773. The highest BCUT2D eigenvalue weighted by Gasteiger charge is 2.26. The fraction of sp³-hybridized carbons (Fsp3) is 0.556. The van der Waals surface area contributed by atoms with Gasteiger partial charge in [0.2, 0.25) is 0 Å². The molecular weight excluding hydrogens is 309 g/mol. The molecular formula is C18H27FN3O2+. The van der Waals surface area contributed by atoms with Gasteiger partial charge in [-0.25, -0.2) is 4.39 Å². The van der Waals surface area contributed by atoms with Gasteiger partial charge in [0.25, 0.3) is 11.8 Å². The van der Waals surface area contributed by atoms with Gasteiger partial charge >= 0.3 is 0 Å². The van der Waals surface area contributed by atoms with E-state index in [4.69, 9.17) is 0 Å². The highest BCUT2D eigenvalue weighted by Crippen LogP contribution is 2.24. The first-order valence-corrected chi connectivity index (χ1v) is 8.66. The number of carbonyl (C=O) groups excluding carboxylic acids is 2. The van der Waals surface area contributed by atoms with Gasteiger partial charge in [-0.05, 0) is 30.5 Å². The molecule has 0 radical (unpaired) electrons. The molecule has 0 bridgehead atoms. The van der Waals surface area contributed by atoms with Gasteiger partial charge in [-0.3, -0.25) is 9.59 Å². The fourth-order valence-electron chi connectivity index (χ4n) is 3.15. The average molecular weight is 336 g/mol. The molecule has 2 amide bonds. The van der Waals surface area contributed by atoms with Gasteiger partial charge in [-0.15, -0.1) is 0 Å². The van der Waals surface area contributed by atoms with Crippen molar-refractivity contribution in [1.82, 2.24) is 10.2 Å². The molecule has 1 saturated carbocycles. The summed E-state index contributed by atoms with van der Waals surface area (Å²) < 4.78 is 13.1. The summed E-state index contributed by atoms with van der Waals surface area (Å²) >= 11 is 0. The molecule has 6 heteroatoms. The molecule has 0 unspecified atom stereocenters. The molecule has 1 aliphatic rings. The number of quaternary nitrogens is 1. The molecule has 1 aliphatic carbocycles. The third-order valence-corrected chi connectivity index (χ3v) is 4.53. The Morgan fingerprint density at radius 3 is 2.46 bits per heavy atom. The first-order valence-electron chi connectivity index (χ1n) is 8.66. The van der Waals surface area contributed by atoms with Crippen LogP contribution in [0, 0.1) is 5.82 Å². The molecule has 1 aromatic rings. The number of rotatable bonds is 7. The fourth-order valence-corrected chi connectivity index (χ4v) is 3.15. The van der Waals surface area contributed by atoms with Crippen LogP contribution in [0.5, 0.6) is 0 Å². The predicted octanol–water partition coefficient (Wildman–Crippen LogP) is 0.796. The van der Waals surface area contributed by atoms with Crippen LogP contribution in [0.15, 0.2) is 24.3 Å². The maximum Gasteiger partial charge on any atom is 0.278 e. The number of benzene rings is 1. The highest BCUT2D eigenvalue weighted by atomic mass is 19.1. The first-order chi connectivity index (χ1) is 11.6. The molecule has 0 heterocycles. The summed E-state index contributed by atoms with van der Waals surface area (Å²) in [6, 6.07) is 6.55. The standard InChI is InChI=1S/C18H26FN3O2/c1-20-17(23)11-21-12-18(24)22(16-5-3-2-4-6-16)13-14-7-9-15(19)10-8-14/h7-10,16,21H,2-6,11-13H2,1H3,(H,20,23)/p+1. The molecule has 132 valence electrons. The van der Waals surface area contributed by atoms with Crippen LogP contribution < -0.4 is 10.6 Å².